The molecule has 1 amide bonds. The molecule has 1 heterocycles. The van der Waals surface area contributed by atoms with Gasteiger partial charge in [0.1, 0.15) is 12.4 Å². The van der Waals surface area contributed by atoms with Crippen LogP contribution in [0.25, 0.3) is 0 Å². The Hall–Kier alpha value is -1.59. The van der Waals surface area contributed by atoms with Crippen molar-refractivity contribution in [3.05, 3.63) is 24.3 Å². The minimum atomic E-state index is -0.311. The van der Waals surface area contributed by atoms with Crippen LogP contribution in [-0.4, -0.2) is 43.5 Å². The molecule has 0 saturated carbocycles. The summed E-state index contributed by atoms with van der Waals surface area (Å²) >= 11 is 0. The molecular formula is C13H17NO4. The Morgan fingerprint density at radius 1 is 1.44 bits per heavy atom. The second-order valence-electron chi connectivity index (χ2n) is 4.05. The van der Waals surface area contributed by atoms with Crippen LogP contribution in [0.5, 0.6) is 5.75 Å². The van der Waals surface area contributed by atoms with Gasteiger partial charge in [-0.1, -0.05) is 0 Å². The van der Waals surface area contributed by atoms with Crippen molar-refractivity contribution in [2.75, 3.05) is 31.3 Å². The highest BCUT2D eigenvalue weighted by atomic mass is 16.5. The maximum absolute atomic E-state index is 11.8. The lowest BCUT2D eigenvalue weighted by atomic mass is 10.2. The first-order valence-corrected chi connectivity index (χ1v) is 6.00. The Morgan fingerprint density at radius 2 is 2.17 bits per heavy atom. The van der Waals surface area contributed by atoms with Crippen LogP contribution in [0.2, 0.25) is 0 Å². The minimum absolute atomic E-state index is 0.0123. The van der Waals surface area contributed by atoms with Gasteiger partial charge >= 0.3 is 0 Å². The SMILES string of the molecule is CCOc1ccc(N2CC(CO)OCC2=O)cc1. The van der Waals surface area contributed by atoms with Gasteiger partial charge in [-0.25, -0.2) is 0 Å². The number of ether oxygens (including phenoxy) is 2. The summed E-state index contributed by atoms with van der Waals surface area (Å²) in [6.45, 7) is 2.84. The lowest BCUT2D eigenvalue weighted by molar-refractivity contribution is -0.130. The highest BCUT2D eigenvalue weighted by molar-refractivity contribution is 5.95. The standard InChI is InChI=1S/C13H17NO4/c1-2-17-11-5-3-10(4-6-11)14-7-12(8-15)18-9-13(14)16/h3-6,12,15H,2,7-9H2,1H3. The van der Waals surface area contributed by atoms with Crippen molar-refractivity contribution in [1.29, 1.82) is 0 Å². The van der Waals surface area contributed by atoms with Crippen LogP contribution in [0.15, 0.2) is 24.3 Å². The number of carbonyl (C=O) groups excluding carboxylic acids is 1. The molecule has 1 aromatic rings. The molecule has 98 valence electrons. The van der Waals surface area contributed by atoms with Gasteiger partial charge in [0.15, 0.2) is 0 Å². The van der Waals surface area contributed by atoms with Gasteiger partial charge in [0.25, 0.3) is 5.91 Å². The predicted molar refractivity (Wildman–Crippen MR) is 66.8 cm³/mol. The van der Waals surface area contributed by atoms with Crippen LogP contribution in [-0.2, 0) is 9.53 Å². The lowest BCUT2D eigenvalue weighted by Gasteiger charge is -2.31. The number of carbonyl (C=O) groups is 1. The summed E-state index contributed by atoms with van der Waals surface area (Å²) in [5.74, 6) is 0.685. The molecule has 5 nitrogen and oxygen atoms in total. The van der Waals surface area contributed by atoms with E-state index < -0.39 is 0 Å². The van der Waals surface area contributed by atoms with E-state index in [4.69, 9.17) is 14.6 Å². The van der Waals surface area contributed by atoms with Crippen LogP contribution < -0.4 is 9.64 Å². The van der Waals surface area contributed by atoms with E-state index in [1.165, 1.54) is 0 Å². The summed E-state index contributed by atoms with van der Waals surface area (Å²) in [7, 11) is 0. The third kappa shape index (κ3) is 2.80. The summed E-state index contributed by atoms with van der Waals surface area (Å²) < 4.78 is 10.5. The van der Waals surface area contributed by atoms with Crippen molar-refractivity contribution in [2.24, 2.45) is 0 Å². The second kappa shape index (κ2) is 5.84. The average Bonchev–Trinajstić information content (AvgIpc) is 2.41. The quantitative estimate of drug-likeness (QED) is 0.860. The lowest BCUT2D eigenvalue weighted by Crippen LogP contribution is -2.48. The summed E-state index contributed by atoms with van der Waals surface area (Å²) in [6.07, 6.45) is -0.311. The molecule has 1 aliphatic heterocycles. The fraction of sp³-hybridized carbons (Fsp3) is 0.462. The fourth-order valence-electron chi connectivity index (χ4n) is 1.87. The smallest absolute Gasteiger partial charge is 0.253 e. The Labute approximate surface area is 106 Å². The molecule has 1 aliphatic rings. The van der Waals surface area contributed by atoms with Crippen molar-refractivity contribution in [1.82, 2.24) is 0 Å². The van der Waals surface area contributed by atoms with E-state index >= 15 is 0 Å². The molecule has 1 atom stereocenters. The number of anilines is 1. The van der Waals surface area contributed by atoms with E-state index in [2.05, 4.69) is 0 Å². The average molecular weight is 251 g/mol. The normalized spacial score (nSPS) is 20.0. The van der Waals surface area contributed by atoms with Crippen LogP contribution >= 0.6 is 0 Å². The molecule has 5 heteroatoms. The van der Waals surface area contributed by atoms with Gasteiger partial charge in [-0.2, -0.15) is 0 Å². The zero-order valence-corrected chi connectivity index (χ0v) is 10.3. The molecule has 0 bridgehead atoms. The van der Waals surface area contributed by atoms with Crippen LogP contribution in [0.1, 0.15) is 6.92 Å². The van der Waals surface area contributed by atoms with E-state index in [0.29, 0.717) is 13.2 Å². The maximum Gasteiger partial charge on any atom is 0.253 e. The third-order valence-corrected chi connectivity index (χ3v) is 2.79. The fourth-order valence-corrected chi connectivity index (χ4v) is 1.87. The highest BCUT2D eigenvalue weighted by Gasteiger charge is 2.26. The molecule has 1 unspecified atom stereocenters. The molecule has 0 spiro atoms. The number of amides is 1. The number of hydrogen-bond acceptors (Lipinski definition) is 4. The number of aliphatic hydroxyl groups is 1. The van der Waals surface area contributed by atoms with Crippen molar-refractivity contribution in [3.63, 3.8) is 0 Å². The number of rotatable bonds is 4. The Morgan fingerprint density at radius 3 is 2.78 bits per heavy atom. The summed E-state index contributed by atoms with van der Waals surface area (Å²) in [5.41, 5.74) is 0.796. The number of nitrogens with zero attached hydrogens (tertiary/aromatic N) is 1. The number of hydrogen-bond donors (Lipinski definition) is 1. The summed E-state index contributed by atoms with van der Waals surface area (Å²) in [6, 6.07) is 7.33. The zero-order chi connectivity index (χ0) is 13.0. The molecule has 1 fully saturated rings. The first-order chi connectivity index (χ1) is 8.74. The second-order valence-corrected chi connectivity index (χ2v) is 4.05. The largest absolute Gasteiger partial charge is 0.494 e. The van der Waals surface area contributed by atoms with Gasteiger partial charge in [0.05, 0.1) is 25.9 Å². The Kier molecular flexibility index (Phi) is 4.17. The van der Waals surface area contributed by atoms with E-state index in [0.717, 1.165) is 11.4 Å². The molecule has 2 rings (SSSR count). The first kappa shape index (κ1) is 12.9. The molecule has 0 radical (unpaired) electrons. The van der Waals surface area contributed by atoms with Crippen LogP contribution in [0, 0.1) is 0 Å². The third-order valence-electron chi connectivity index (χ3n) is 2.79. The Balaban J connectivity index is 2.11. The maximum atomic E-state index is 11.8. The Bertz CT molecular complexity index is 404. The van der Waals surface area contributed by atoms with Gasteiger partial charge in [0.2, 0.25) is 0 Å². The van der Waals surface area contributed by atoms with E-state index in [1.807, 2.05) is 31.2 Å². The predicted octanol–water partition coefficient (Wildman–Crippen LogP) is 0.809. The highest BCUT2D eigenvalue weighted by Crippen LogP contribution is 2.22. The van der Waals surface area contributed by atoms with E-state index in [1.54, 1.807) is 4.90 Å². The number of benzene rings is 1. The van der Waals surface area contributed by atoms with Crippen molar-refractivity contribution in [3.8, 4) is 5.75 Å². The van der Waals surface area contributed by atoms with Gasteiger partial charge < -0.3 is 19.5 Å². The number of aliphatic hydroxyl groups excluding tert-OH is 1. The topological polar surface area (TPSA) is 59.0 Å². The minimum Gasteiger partial charge on any atom is -0.494 e. The number of morpholine rings is 1. The van der Waals surface area contributed by atoms with Gasteiger partial charge in [-0.05, 0) is 31.2 Å². The summed E-state index contributed by atoms with van der Waals surface area (Å²) in [4.78, 5) is 13.4. The van der Waals surface area contributed by atoms with Crippen LogP contribution in [0.3, 0.4) is 0 Å². The van der Waals surface area contributed by atoms with Crippen molar-refractivity contribution < 1.29 is 19.4 Å². The van der Waals surface area contributed by atoms with Crippen molar-refractivity contribution in [2.45, 2.75) is 13.0 Å². The van der Waals surface area contributed by atoms with E-state index in [-0.39, 0.29) is 25.2 Å². The van der Waals surface area contributed by atoms with Gasteiger partial charge in [-0.15, -0.1) is 0 Å². The molecule has 1 N–H and O–H groups in total. The van der Waals surface area contributed by atoms with Gasteiger partial charge in [0, 0.05) is 5.69 Å². The molecule has 1 saturated heterocycles. The zero-order valence-electron chi connectivity index (χ0n) is 10.3. The monoisotopic (exact) mass is 251 g/mol. The first-order valence-electron chi connectivity index (χ1n) is 6.00. The molecule has 0 aromatic heterocycles. The van der Waals surface area contributed by atoms with Crippen molar-refractivity contribution >= 4 is 11.6 Å². The molecule has 18 heavy (non-hydrogen) atoms. The van der Waals surface area contributed by atoms with E-state index in [9.17, 15) is 4.79 Å². The molecular weight excluding hydrogens is 234 g/mol. The van der Waals surface area contributed by atoms with Crippen LogP contribution in [0.4, 0.5) is 5.69 Å². The molecule has 0 aliphatic carbocycles. The molecule has 1 aromatic carbocycles. The summed E-state index contributed by atoms with van der Waals surface area (Å²) in [5, 5.41) is 9.07. The van der Waals surface area contributed by atoms with Gasteiger partial charge in [-0.3, -0.25) is 4.79 Å².